The molecule has 0 heterocycles. The van der Waals surface area contributed by atoms with Crippen molar-refractivity contribution in [1.82, 2.24) is 5.48 Å². The molecule has 0 aliphatic heterocycles. The molecule has 0 bridgehead atoms. The fourth-order valence-electron chi connectivity index (χ4n) is 1.77. The van der Waals surface area contributed by atoms with Crippen LogP contribution in [0.5, 0.6) is 0 Å². The summed E-state index contributed by atoms with van der Waals surface area (Å²) in [5.74, 6) is -1.10. The number of hydrogen-bond acceptors (Lipinski definition) is 6. The summed E-state index contributed by atoms with van der Waals surface area (Å²) in [7, 11) is -4.49. The van der Waals surface area contributed by atoms with Crippen molar-refractivity contribution < 1.29 is 27.4 Å². The second kappa shape index (κ2) is 8.62. The monoisotopic (exact) mass is 329 g/mol. The number of Topliss-reactive ketones (excluding diaryl/α,β-unsaturated/α-hetero) is 1. The third-order valence-electron chi connectivity index (χ3n) is 2.87. The maximum atomic E-state index is 11.9. The molecule has 0 radical (unpaired) electrons. The number of nitrogens with one attached hydrogen (secondary N) is 1. The molecule has 0 aliphatic rings. The van der Waals surface area contributed by atoms with Gasteiger partial charge in [0.15, 0.2) is 5.78 Å². The van der Waals surface area contributed by atoms with Gasteiger partial charge in [-0.1, -0.05) is 31.9 Å². The van der Waals surface area contributed by atoms with Crippen molar-refractivity contribution in [3.05, 3.63) is 29.8 Å². The van der Waals surface area contributed by atoms with Gasteiger partial charge in [-0.15, -0.1) is 5.48 Å². The molecule has 0 atom stereocenters. The van der Waals surface area contributed by atoms with Gasteiger partial charge in [0, 0.05) is 12.0 Å². The fraction of sp³-hybridized carbons (Fsp3) is 0.429. The van der Waals surface area contributed by atoms with E-state index >= 15 is 0 Å². The highest BCUT2D eigenvalue weighted by Crippen LogP contribution is 2.15. The maximum absolute atomic E-state index is 11.9. The zero-order chi connectivity index (χ0) is 16.6. The van der Waals surface area contributed by atoms with E-state index in [0.29, 0.717) is 6.42 Å². The Morgan fingerprint density at radius 1 is 1.23 bits per heavy atom. The summed E-state index contributed by atoms with van der Waals surface area (Å²) in [6.45, 7) is 1.63. The molecular formula is C14H19NO6S. The molecule has 0 fully saturated rings. The van der Waals surface area contributed by atoms with Gasteiger partial charge in [-0.25, -0.2) is 0 Å². The quantitative estimate of drug-likeness (QED) is 0.307. The van der Waals surface area contributed by atoms with Gasteiger partial charge < -0.3 is 4.84 Å². The Labute approximate surface area is 129 Å². The van der Waals surface area contributed by atoms with Crippen LogP contribution < -0.4 is 5.48 Å². The Hall–Kier alpha value is -1.77. The van der Waals surface area contributed by atoms with Crippen molar-refractivity contribution in [3.8, 4) is 0 Å². The largest absolute Gasteiger partial charge is 0.370 e. The van der Waals surface area contributed by atoms with Gasteiger partial charge in [0.05, 0.1) is 6.54 Å². The van der Waals surface area contributed by atoms with Crippen LogP contribution in [0, 0.1) is 0 Å². The first-order chi connectivity index (χ1) is 10.4. The molecule has 0 saturated heterocycles. The number of carbonyl (C=O) groups excluding carboxylic acids is 2. The summed E-state index contributed by atoms with van der Waals surface area (Å²) < 4.78 is 31.4. The van der Waals surface area contributed by atoms with Crippen LogP contribution in [0.3, 0.4) is 0 Å². The van der Waals surface area contributed by atoms with Crippen molar-refractivity contribution in [2.45, 2.75) is 37.5 Å². The number of carbonyl (C=O) groups is 2. The smallest absolute Gasteiger partial charge is 0.324 e. The number of benzene rings is 1. The molecule has 1 aromatic rings. The summed E-state index contributed by atoms with van der Waals surface area (Å²) >= 11 is 0. The summed E-state index contributed by atoms with van der Waals surface area (Å²) in [5, 5.41) is 0. The van der Waals surface area contributed by atoms with Crippen LogP contribution in [0.15, 0.2) is 29.2 Å². The van der Waals surface area contributed by atoms with E-state index in [9.17, 15) is 18.0 Å². The van der Waals surface area contributed by atoms with Crippen molar-refractivity contribution in [2.24, 2.45) is 0 Å². The zero-order valence-electron chi connectivity index (χ0n) is 12.2. The standard InChI is InChI=1S/C14H19NO6S/c1-2-3-4-9-14(17)21-15-10-12(16)11-7-5-6-8-13(11)22(18,19)20/h5-8,15H,2-4,9-10H2,1H3,(H,18,19,20). The first-order valence-electron chi connectivity index (χ1n) is 6.88. The topological polar surface area (TPSA) is 110 Å². The van der Waals surface area contributed by atoms with Crippen molar-refractivity contribution in [2.75, 3.05) is 6.54 Å². The molecule has 8 heteroatoms. The second-order valence-corrected chi connectivity index (χ2v) is 6.04. The Morgan fingerprint density at radius 3 is 2.55 bits per heavy atom. The molecule has 0 aliphatic carbocycles. The predicted octanol–water partition coefficient (Wildman–Crippen LogP) is 1.74. The number of ketones is 1. The van der Waals surface area contributed by atoms with E-state index in [1.165, 1.54) is 18.2 Å². The minimum absolute atomic E-state index is 0.167. The maximum Gasteiger partial charge on any atom is 0.324 e. The van der Waals surface area contributed by atoms with Crippen LogP contribution in [-0.4, -0.2) is 31.3 Å². The Balaban J connectivity index is 2.55. The van der Waals surface area contributed by atoms with E-state index in [1.54, 1.807) is 0 Å². The van der Waals surface area contributed by atoms with Crippen LogP contribution in [0.1, 0.15) is 43.0 Å². The molecule has 122 valence electrons. The number of unbranched alkanes of at least 4 members (excludes halogenated alkanes) is 2. The van der Waals surface area contributed by atoms with Crippen molar-refractivity contribution in [3.63, 3.8) is 0 Å². The van der Waals surface area contributed by atoms with Crippen LogP contribution >= 0.6 is 0 Å². The van der Waals surface area contributed by atoms with Crippen LogP contribution in [0.25, 0.3) is 0 Å². The van der Waals surface area contributed by atoms with Gasteiger partial charge in [0.1, 0.15) is 4.90 Å². The zero-order valence-corrected chi connectivity index (χ0v) is 13.1. The van der Waals surface area contributed by atoms with E-state index in [4.69, 9.17) is 4.55 Å². The molecular weight excluding hydrogens is 310 g/mol. The first-order valence-corrected chi connectivity index (χ1v) is 8.32. The van der Waals surface area contributed by atoms with Gasteiger partial charge in [-0.2, -0.15) is 8.42 Å². The Kier molecular flexibility index (Phi) is 7.16. The average molecular weight is 329 g/mol. The normalized spacial score (nSPS) is 11.2. The summed E-state index contributed by atoms with van der Waals surface area (Å²) in [6.07, 6.45) is 2.84. The van der Waals surface area contributed by atoms with Crippen LogP contribution in [0.4, 0.5) is 0 Å². The lowest BCUT2D eigenvalue weighted by atomic mass is 10.1. The highest BCUT2D eigenvalue weighted by Gasteiger charge is 2.19. The Morgan fingerprint density at radius 2 is 1.91 bits per heavy atom. The fourth-order valence-corrected chi connectivity index (χ4v) is 2.48. The highest BCUT2D eigenvalue weighted by atomic mass is 32.2. The summed E-state index contributed by atoms with van der Waals surface area (Å²) in [6, 6.07) is 5.26. The minimum Gasteiger partial charge on any atom is -0.370 e. The third kappa shape index (κ3) is 5.92. The van der Waals surface area contributed by atoms with Crippen LogP contribution in [-0.2, 0) is 19.8 Å². The van der Waals surface area contributed by atoms with E-state index in [-0.39, 0.29) is 18.5 Å². The number of hydrogen-bond donors (Lipinski definition) is 2. The lowest BCUT2D eigenvalue weighted by molar-refractivity contribution is -0.150. The van der Waals surface area contributed by atoms with Gasteiger partial charge >= 0.3 is 5.97 Å². The number of hydroxylamine groups is 1. The average Bonchev–Trinajstić information content (AvgIpc) is 2.46. The third-order valence-corrected chi connectivity index (χ3v) is 3.78. The van der Waals surface area contributed by atoms with Crippen molar-refractivity contribution in [1.29, 1.82) is 0 Å². The van der Waals surface area contributed by atoms with Gasteiger partial charge in [0.2, 0.25) is 0 Å². The van der Waals surface area contributed by atoms with Gasteiger partial charge in [-0.05, 0) is 18.6 Å². The second-order valence-electron chi connectivity index (χ2n) is 4.65. The van der Waals surface area contributed by atoms with E-state index < -0.39 is 26.8 Å². The molecule has 0 unspecified atom stereocenters. The SMILES string of the molecule is CCCCCC(=O)ONCC(=O)c1ccccc1S(=O)(=O)O. The molecule has 0 spiro atoms. The molecule has 22 heavy (non-hydrogen) atoms. The molecule has 0 amide bonds. The summed E-state index contributed by atoms with van der Waals surface area (Å²) in [4.78, 5) is 27.5. The van der Waals surface area contributed by atoms with Crippen LogP contribution in [0.2, 0.25) is 0 Å². The van der Waals surface area contributed by atoms with E-state index in [0.717, 1.165) is 18.9 Å². The first kappa shape index (κ1) is 18.3. The number of rotatable bonds is 9. The molecule has 0 saturated carbocycles. The van der Waals surface area contributed by atoms with E-state index in [2.05, 4.69) is 10.3 Å². The van der Waals surface area contributed by atoms with Gasteiger partial charge in [-0.3, -0.25) is 14.1 Å². The van der Waals surface area contributed by atoms with E-state index in [1.807, 2.05) is 6.92 Å². The molecule has 7 nitrogen and oxygen atoms in total. The predicted molar refractivity (Wildman–Crippen MR) is 78.8 cm³/mol. The van der Waals surface area contributed by atoms with Crippen molar-refractivity contribution >= 4 is 21.9 Å². The molecule has 0 aromatic heterocycles. The molecule has 1 rings (SSSR count). The minimum atomic E-state index is -4.49. The molecule has 1 aromatic carbocycles. The lowest BCUT2D eigenvalue weighted by Crippen LogP contribution is -2.27. The van der Waals surface area contributed by atoms with Gasteiger partial charge in [0.25, 0.3) is 10.1 Å². The summed E-state index contributed by atoms with van der Waals surface area (Å²) in [5.41, 5.74) is 2.05. The lowest BCUT2D eigenvalue weighted by Gasteiger charge is -2.07. The highest BCUT2D eigenvalue weighted by molar-refractivity contribution is 7.86. The molecule has 2 N–H and O–H groups in total. The Bertz CT molecular complexity index is 626.